The molecule has 0 amide bonds. The summed E-state index contributed by atoms with van der Waals surface area (Å²) in [5, 5.41) is 0. The SMILES string of the molecule is C/C=C1/C(C)=C(/C(C)C)C=NCCC1C. The van der Waals surface area contributed by atoms with Gasteiger partial charge in [0, 0.05) is 12.8 Å². The first kappa shape index (κ1) is 12.2. The van der Waals surface area contributed by atoms with Crippen LogP contribution in [-0.2, 0) is 0 Å². The summed E-state index contributed by atoms with van der Waals surface area (Å²) in [7, 11) is 0. The van der Waals surface area contributed by atoms with Gasteiger partial charge < -0.3 is 0 Å². The van der Waals surface area contributed by atoms with Gasteiger partial charge in [-0.3, -0.25) is 4.99 Å². The summed E-state index contributed by atoms with van der Waals surface area (Å²) in [6, 6.07) is 0. The molecule has 1 heteroatoms. The van der Waals surface area contributed by atoms with Crippen molar-refractivity contribution in [1.82, 2.24) is 0 Å². The van der Waals surface area contributed by atoms with Gasteiger partial charge >= 0.3 is 0 Å². The summed E-state index contributed by atoms with van der Waals surface area (Å²) in [5.41, 5.74) is 4.34. The van der Waals surface area contributed by atoms with Gasteiger partial charge in [0.05, 0.1) is 0 Å². The summed E-state index contributed by atoms with van der Waals surface area (Å²) in [6.07, 6.45) is 5.51. The molecular weight excluding hydrogens is 182 g/mol. The van der Waals surface area contributed by atoms with Crippen LogP contribution in [0.1, 0.15) is 41.0 Å². The average molecular weight is 205 g/mol. The summed E-state index contributed by atoms with van der Waals surface area (Å²) >= 11 is 0. The van der Waals surface area contributed by atoms with Gasteiger partial charge in [0.15, 0.2) is 0 Å². The van der Waals surface area contributed by atoms with E-state index in [1.54, 1.807) is 0 Å². The third-order valence-corrected chi connectivity index (χ3v) is 3.25. The van der Waals surface area contributed by atoms with Crippen molar-refractivity contribution in [2.75, 3.05) is 6.54 Å². The molecule has 1 unspecified atom stereocenters. The molecule has 0 fully saturated rings. The molecule has 0 aromatic heterocycles. The van der Waals surface area contributed by atoms with Crippen LogP contribution in [0.15, 0.2) is 27.8 Å². The van der Waals surface area contributed by atoms with Gasteiger partial charge in [-0.05, 0) is 48.8 Å². The van der Waals surface area contributed by atoms with Crippen molar-refractivity contribution >= 4 is 6.21 Å². The minimum atomic E-state index is 0.564. The molecule has 0 spiro atoms. The third-order valence-electron chi connectivity index (χ3n) is 3.25. The lowest BCUT2D eigenvalue weighted by Crippen LogP contribution is -2.11. The molecular formula is C14H23N. The number of hydrogen-bond donors (Lipinski definition) is 0. The van der Waals surface area contributed by atoms with Crippen LogP contribution in [0.5, 0.6) is 0 Å². The molecule has 84 valence electrons. The molecule has 1 aliphatic rings. The molecule has 1 nitrogen and oxygen atoms in total. The summed E-state index contributed by atoms with van der Waals surface area (Å²) < 4.78 is 0. The second-order valence-electron chi connectivity index (χ2n) is 4.70. The molecule has 0 aromatic carbocycles. The molecule has 1 rings (SSSR count). The lowest BCUT2D eigenvalue weighted by Gasteiger charge is -2.22. The number of rotatable bonds is 1. The molecule has 1 heterocycles. The molecule has 1 aliphatic heterocycles. The van der Waals surface area contributed by atoms with E-state index in [9.17, 15) is 0 Å². The van der Waals surface area contributed by atoms with E-state index in [0.717, 1.165) is 6.54 Å². The van der Waals surface area contributed by atoms with Crippen LogP contribution in [0.2, 0.25) is 0 Å². The second-order valence-corrected chi connectivity index (χ2v) is 4.70. The zero-order valence-electron chi connectivity index (χ0n) is 10.7. The van der Waals surface area contributed by atoms with E-state index in [1.165, 1.54) is 23.1 Å². The maximum Gasteiger partial charge on any atom is 0.0395 e. The van der Waals surface area contributed by atoms with Crippen molar-refractivity contribution in [2.24, 2.45) is 16.8 Å². The molecule has 1 atom stereocenters. The summed E-state index contributed by atoms with van der Waals surface area (Å²) in [4.78, 5) is 4.49. The first-order chi connectivity index (χ1) is 7.07. The molecule has 0 bridgehead atoms. The predicted octanol–water partition coefficient (Wildman–Crippen LogP) is 4.02. The van der Waals surface area contributed by atoms with Gasteiger partial charge in [-0.15, -0.1) is 0 Å². The largest absolute Gasteiger partial charge is 0.293 e. The zero-order chi connectivity index (χ0) is 11.4. The Morgan fingerprint density at radius 1 is 1.47 bits per heavy atom. The Hall–Kier alpha value is -0.850. The molecule has 0 radical (unpaired) electrons. The second kappa shape index (κ2) is 5.29. The summed E-state index contributed by atoms with van der Waals surface area (Å²) in [5.74, 6) is 1.20. The summed E-state index contributed by atoms with van der Waals surface area (Å²) in [6.45, 7) is 12.1. The van der Waals surface area contributed by atoms with Gasteiger partial charge in [-0.2, -0.15) is 0 Å². The van der Waals surface area contributed by atoms with Crippen LogP contribution < -0.4 is 0 Å². The fraction of sp³-hybridized carbons (Fsp3) is 0.643. The van der Waals surface area contributed by atoms with Crippen molar-refractivity contribution in [2.45, 2.75) is 41.0 Å². The topological polar surface area (TPSA) is 12.4 Å². The highest BCUT2D eigenvalue weighted by Crippen LogP contribution is 2.28. The number of aliphatic imine (C=N–C) groups is 1. The molecule has 0 aromatic rings. The van der Waals surface area contributed by atoms with Gasteiger partial charge in [-0.25, -0.2) is 0 Å². The van der Waals surface area contributed by atoms with Crippen LogP contribution in [0, 0.1) is 11.8 Å². The minimum Gasteiger partial charge on any atom is -0.293 e. The van der Waals surface area contributed by atoms with Crippen LogP contribution >= 0.6 is 0 Å². The van der Waals surface area contributed by atoms with E-state index in [-0.39, 0.29) is 0 Å². The van der Waals surface area contributed by atoms with E-state index in [1.807, 2.05) is 0 Å². The number of allylic oxidation sites excluding steroid dienone is 4. The Balaban J connectivity index is 3.18. The van der Waals surface area contributed by atoms with Crippen LogP contribution in [0.25, 0.3) is 0 Å². The lowest BCUT2D eigenvalue weighted by molar-refractivity contribution is 0.620. The minimum absolute atomic E-state index is 0.564. The number of hydrogen-bond acceptors (Lipinski definition) is 1. The van der Waals surface area contributed by atoms with E-state index in [2.05, 4.69) is 51.9 Å². The average Bonchev–Trinajstić information content (AvgIpc) is 2.15. The number of nitrogens with zero attached hydrogens (tertiary/aromatic N) is 1. The van der Waals surface area contributed by atoms with Crippen LogP contribution in [0.4, 0.5) is 0 Å². The van der Waals surface area contributed by atoms with Crippen LogP contribution in [-0.4, -0.2) is 12.8 Å². The molecule has 15 heavy (non-hydrogen) atoms. The molecule has 0 saturated carbocycles. The Morgan fingerprint density at radius 2 is 2.13 bits per heavy atom. The molecule has 0 aliphatic carbocycles. The lowest BCUT2D eigenvalue weighted by atomic mass is 9.85. The normalized spacial score (nSPS) is 30.8. The fourth-order valence-electron chi connectivity index (χ4n) is 2.30. The Morgan fingerprint density at radius 3 is 2.67 bits per heavy atom. The Kier molecular flexibility index (Phi) is 4.31. The monoisotopic (exact) mass is 205 g/mol. The quantitative estimate of drug-likeness (QED) is 0.613. The van der Waals surface area contributed by atoms with Gasteiger partial charge in [-0.1, -0.05) is 26.8 Å². The van der Waals surface area contributed by atoms with E-state index < -0.39 is 0 Å². The van der Waals surface area contributed by atoms with E-state index >= 15 is 0 Å². The van der Waals surface area contributed by atoms with Gasteiger partial charge in [0.25, 0.3) is 0 Å². The first-order valence-electron chi connectivity index (χ1n) is 5.95. The highest BCUT2D eigenvalue weighted by Gasteiger charge is 2.15. The van der Waals surface area contributed by atoms with Gasteiger partial charge in [0.2, 0.25) is 0 Å². The van der Waals surface area contributed by atoms with Crippen molar-refractivity contribution in [1.29, 1.82) is 0 Å². The van der Waals surface area contributed by atoms with E-state index in [4.69, 9.17) is 0 Å². The Labute approximate surface area is 94.0 Å². The maximum atomic E-state index is 4.49. The predicted molar refractivity (Wildman–Crippen MR) is 68.4 cm³/mol. The Bertz CT molecular complexity index is 305. The highest BCUT2D eigenvalue weighted by atomic mass is 14.7. The van der Waals surface area contributed by atoms with Crippen molar-refractivity contribution in [3.05, 3.63) is 22.8 Å². The van der Waals surface area contributed by atoms with E-state index in [0.29, 0.717) is 11.8 Å². The highest BCUT2D eigenvalue weighted by molar-refractivity contribution is 5.81. The van der Waals surface area contributed by atoms with Crippen molar-refractivity contribution in [3.63, 3.8) is 0 Å². The molecule has 0 saturated heterocycles. The maximum absolute atomic E-state index is 4.49. The van der Waals surface area contributed by atoms with Crippen LogP contribution in [0.3, 0.4) is 0 Å². The fourth-order valence-corrected chi connectivity index (χ4v) is 2.30. The van der Waals surface area contributed by atoms with Crippen molar-refractivity contribution in [3.8, 4) is 0 Å². The molecule has 0 N–H and O–H groups in total. The smallest absolute Gasteiger partial charge is 0.0395 e. The van der Waals surface area contributed by atoms with Gasteiger partial charge in [0.1, 0.15) is 0 Å². The zero-order valence-corrected chi connectivity index (χ0v) is 10.7. The third kappa shape index (κ3) is 2.80. The standard InChI is InChI=1S/C14H23N/c1-6-13-11(4)7-8-15-9-14(10(2)3)12(13)5/h6,9-11H,7-8H2,1-5H3/b13-6+,14-12+,15-9?. The first-order valence-corrected chi connectivity index (χ1v) is 5.95. The van der Waals surface area contributed by atoms with Crippen molar-refractivity contribution < 1.29 is 0 Å².